The summed E-state index contributed by atoms with van der Waals surface area (Å²) in [5, 5.41) is 7.51. The minimum absolute atomic E-state index is 0.0861. The molecule has 0 aliphatic carbocycles. The van der Waals surface area contributed by atoms with Crippen molar-refractivity contribution < 1.29 is 4.74 Å². The Morgan fingerprint density at radius 2 is 2.46 bits per heavy atom. The van der Waals surface area contributed by atoms with E-state index < -0.39 is 0 Å². The number of pyridine rings is 1. The maximum atomic E-state index is 7.08. The van der Waals surface area contributed by atoms with Crippen LogP contribution >= 0.6 is 11.6 Å². The zero-order valence-electron chi connectivity index (χ0n) is 7.17. The minimum Gasteiger partial charge on any atom is -0.480 e. The Morgan fingerprint density at radius 3 is 2.92 bits per heavy atom. The van der Waals surface area contributed by atoms with Crippen LogP contribution < -0.4 is 10.5 Å². The van der Waals surface area contributed by atoms with E-state index in [0.717, 1.165) is 5.56 Å². The number of nitrogens with one attached hydrogen (secondary N) is 1. The molecule has 0 saturated heterocycles. The molecule has 0 saturated carbocycles. The van der Waals surface area contributed by atoms with Gasteiger partial charge in [0.2, 0.25) is 5.88 Å². The van der Waals surface area contributed by atoms with Crippen molar-refractivity contribution in [2.45, 2.75) is 6.42 Å². The van der Waals surface area contributed by atoms with Crippen molar-refractivity contribution in [3.8, 4) is 5.88 Å². The molecule has 0 spiro atoms. The van der Waals surface area contributed by atoms with Gasteiger partial charge in [0.1, 0.15) is 5.02 Å². The van der Waals surface area contributed by atoms with Gasteiger partial charge in [0.05, 0.1) is 12.9 Å². The molecule has 4 nitrogen and oxygen atoms in total. The molecule has 0 radical (unpaired) electrons. The van der Waals surface area contributed by atoms with E-state index in [0.29, 0.717) is 17.3 Å². The summed E-state index contributed by atoms with van der Waals surface area (Å²) in [7, 11) is 1.50. The predicted molar refractivity (Wildman–Crippen MR) is 51.4 cm³/mol. The van der Waals surface area contributed by atoms with Gasteiger partial charge in [-0.3, -0.25) is 5.41 Å². The summed E-state index contributed by atoms with van der Waals surface area (Å²) in [5.41, 5.74) is 6.03. The number of ether oxygens (including phenoxy) is 1. The first-order valence-corrected chi connectivity index (χ1v) is 4.02. The quantitative estimate of drug-likeness (QED) is 0.568. The highest BCUT2D eigenvalue weighted by atomic mass is 35.5. The van der Waals surface area contributed by atoms with Gasteiger partial charge in [-0.2, -0.15) is 0 Å². The Balaban J connectivity index is 2.89. The van der Waals surface area contributed by atoms with Gasteiger partial charge in [-0.1, -0.05) is 11.6 Å². The van der Waals surface area contributed by atoms with Gasteiger partial charge in [0, 0.05) is 12.6 Å². The Kier molecular flexibility index (Phi) is 3.08. The number of aromatic nitrogens is 1. The van der Waals surface area contributed by atoms with E-state index in [1.54, 1.807) is 12.3 Å². The zero-order chi connectivity index (χ0) is 9.84. The van der Waals surface area contributed by atoms with Crippen molar-refractivity contribution in [2.24, 2.45) is 5.73 Å². The molecule has 0 fully saturated rings. The van der Waals surface area contributed by atoms with Crippen LogP contribution in [0.15, 0.2) is 12.3 Å². The van der Waals surface area contributed by atoms with Crippen LogP contribution in [-0.4, -0.2) is 17.9 Å². The first-order chi connectivity index (χ1) is 6.13. The second-order valence-corrected chi connectivity index (χ2v) is 2.94. The smallest absolute Gasteiger partial charge is 0.232 e. The van der Waals surface area contributed by atoms with Crippen LogP contribution in [0, 0.1) is 5.41 Å². The van der Waals surface area contributed by atoms with Crippen LogP contribution in [0.4, 0.5) is 0 Å². The second kappa shape index (κ2) is 4.09. The van der Waals surface area contributed by atoms with Crippen LogP contribution in [0.25, 0.3) is 0 Å². The number of nitrogens with two attached hydrogens (primary N) is 1. The first kappa shape index (κ1) is 9.80. The van der Waals surface area contributed by atoms with Crippen LogP contribution in [0.2, 0.25) is 5.02 Å². The highest BCUT2D eigenvalue weighted by Gasteiger charge is 2.03. The molecule has 0 aromatic carbocycles. The first-order valence-electron chi connectivity index (χ1n) is 3.64. The topological polar surface area (TPSA) is 72.0 Å². The van der Waals surface area contributed by atoms with Gasteiger partial charge in [-0.15, -0.1) is 0 Å². The summed E-state index contributed by atoms with van der Waals surface area (Å²) in [4.78, 5) is 3.94. The third kappa shape index (κ3) is 2.59. The van der Waals surface area contributed by atoms with Crippen LogP contribution in [0.3, 0.4) is 0 Å². The van der Waals surface area contributed by atoms with Crippen molar-refractivity contribution >= 4 is 17.4 Å². The number of amidine groups is 1. The molecule has 3 N–H and O–H groups in total. The molecule has 0 aliphatic rings. The lowest BCUT2D eigenvalue weighted by Gasteiger charge is -2.03. The molecule has 0 atom stereocenters. The Hall–Kier alpha value is -1.29. The van der Waals surface area contributed by atoms with E-state index in [1.165, 1.54) is 7.11 Å². The fourth-order valence-corrected chi connectivity index (χ4v) is 1.20. The fourth-order valence-electron chi connectivity index (χ4n) is 0.932. The summed E-state index contributed by atoms with van der Waals surface area (Å²) in [6.45, 7) is 0. The molecular formula is C8H10ClN3O. The van der Waals surface area contributed by atoms with Gasteiger partial charge in [0.15, 0.2) is 0 Å². The molecule has 0 unspecified atom stereocenters. The number of rotatable bonds is 3. The molecule has 0 amide bonds. The van der Waals surface area contributed by atoms with E-state index in [-0.39, 0.29) is 5.84 Å². The summed E-state index contributed by atoms with van der Waals surface area (Å²) in [6.07, 6.45) is 1.95. The predicted octanol–water partition coefficient (Wildman–Crippen LogP) is 1.22. The number of hydrogen-bond donors (Lipinski definition) is 2. The summed E-state index contributed by atoms with van der Waals surface area (Å²) in [5.74, 6) is 0.469. The zero-order valence-corrected chi connectivity index (χ0v) is 7.93. The lowest BCUT2D eigenvalue weighted by atomic mass is 10.2. The molecule has 0 aliphatic heterocycles. The largest absolute Gasteiger partial charge is 0.480 e. The lowest BCUT2D eigenvalue weighted by molar-refractivity contribution is 0.398. The maximum absolute atomic E-state index is 7.08. The van der Waals surface area contributed by atoms with Crippen molar-refractivity contribution in [3.05, 3.63) is 22.8 Å². The van der Waals surface area contributed by atoms with Gasteiger partial charge in [-0.05, 0) is 11.6 Å². The molecule has 13 heavy (non-hydrogen) atoms. The average molecular weight is 200 g/mol. The Morgan fingerprint density at radius 1 is 1.77 bits per heavy atom. The molecular weight excluding hydrogens is 190 g/mol. The van der Waals surface area contributed by atoms with Gasteiger partial charge >= 0.3 is 0 Å². The van der Waals surface area contributed by atoms with Gasteiger partial charge in [0.25, 0.3) is 0 Å². The monoisotopic (exact) mass is 199 g/mol. The third-order valence-corrected chi connectivity index (χ3v) is 1.72. The van der Waals surface area contributed by atoms with E-state index >= 15 is 0 Å². The van der Waals surface area contributed by atoms with Gasteiger partial charge in [-0.25, -0.2) is 4.98 Å². The summed E-state index contributed by atoms with van der Waals surface area (Å²) >= 11 is 5.81. The number of hydrogen-bond acceptors (Lipinski definition) is 3. The fraction of sp³-hybridized carbons (Fsp3) is 0.250. The van der Waals surface area contributed by atoms with Crippen LogP contribution in [0.5, 0.6) is 5.88 Å². The minimum atomic E-state index is 0.0861. The Bertz CT molecular complexity index is 327. The molecule has 1 rings (SSSR count). The molecule has 0 bridgehead atoms. The van der Waals surface area contributed by atoms with E-state index in [2.05, 4.69) is 4.98 Å². The van der Waals surface area contributed by atoms with E-state index in [1.807, 2.05) is 0 Å². The third-order valence-electron chi connectivity index (χ3n) is 1.45. The van der Waals surface area contributed by atoms with Crippen molar-refractivity contribution in [1.29, 1.82) is 5.41 Å². The van der Waals surface area contributed by atoms with Crippen molar-refractivity contribution in [3.63, 3.8) is 0 Å². The lowest BCUT2D eigenvalue weighted by Crippen LogP contribution is -2.12. The highest BCUT2D eigenvalue weighted by Crippen LogP contribution is 2.21. The molecule has 70 valence electrons. The normalized spacial score (nSPS) is 9.69. The number of halogens is 1. The second-order valence-electron chi connectivity index (χ2n) is 2.54. The number of nitrogens with zero attached hydrogens (tertiary/aromatic N) is 1. The highest BCUT2D eigenvalue weighted by molar-refractivity contribution is 6.31. The average Bonchev–Trinajstić information content (AvgIpc) is 2.03. The molecule has 1 heterocycles. The van der Waals surface area contributed by atoms with E-state index in [9.17, 15) is 0 Å². The van der Waals surface area contributed by atoms with Crippen LogP contribution in [-0.2, 0) is 6.42 Å². The van der Waals surface area contributed by atoms with Crippen LogP contribution in [0.1, 0.15) is 5.56 Å². The van der Waals surface area contributed by atoms with Crippen molar-refractivity contribution in [1.82, 2.24) is 4.98 Å². The summed E-state index contributed by atoms with van der Waals surface area (Å²) < 4.78 is 4.88. The standard InChI is InChI=1S/C8H10ClN3O/c1-13-8-6(9)2-5(4-12-8)3-7(10)11/h2,4H,3H2,1H3,(H3,10,11). The SMILES string of the molecule is COc1ncc(CC(=N)N)cc1Cl. The van der Waals surface area contributed by atoms with Crippen molar-refractivity contribution in [2.75, 3.05) is 7.11 Å². The van der Waals surface area contributed by atoms with Gasteiger partial charge < -0.3 is 10.5 Å². The van der Waals surface area contributed by atoms with E-state index in [4.69, 9.17) is 27.5 Å². The maximum Gasteiger partial charge on any atom is 0.232 e. The summed E-state index contributed by atoms with van der Waals surface area (Å²) in [6, 6.07) is 1.69. The Labute approximate surface area is 81.2 Å². The molecule has 1 aromatic heterocycles. The number of methoxy groups -OCH3 is 1. The molecule has 5 heteroatoms. The molecule has 1 aromatic rings.